The van der Waals surface area contributed by atoms with E-state index in [1.807, 2.05) is 54.3 Å². The van der Waals surface area contributed by atoms with Crippen LogP contribution in [0.2, 0.25) is 0 Å². The molecule has 3 rings (SSSR count). The molecule has 2 amide bonds. The quantitative estimate of drug-likeness (QED) is 0.775. The third kappa shape index (κ3) is 3.89. The summed E-state index contributed by atoms with van der Waals surface area (Å²) in [6, 6.07) is 13.7. The molecular weight excluding hydrogens is 368 g/mol. The van der Waals surface area contributed by atoms with Crippen LogP contribution >= 0.6 is 23.4 Å². The van der Waals surface area contributed by atoms with Crippen LogP contribution < -0.4 is 10.2 Å². The molecule has 1 heterocycles. The van der Waals surface area contributed by atoms with Crippen LogP contribution in [-0.4, -0.2) is 22.9 Å². The Morgan fingerprint density at radius 3 is 2.69 bits per heavy atom. The molecule has 2 aromatic rings. The molecule has 1 saturated heterocycles. The van der Waals surface area contributed by atoms with Gasteiger partial charge >= 0.3 is 0 Å². The van der Waals surface area contributed by atoms with Crippen LogP contribution in [-0.2, 0) is 9.59 Å². The van der Waals surface area contributed by atoms with Crippen molar-refractivity contribution in [2.75, 3.05) is 16.0 Å². The molecule has 4 nitrogen and oxygen atoms in total. The van der Waals surface area contributed by atoms with Crippen LogP contribution in [0.1, 0.15) is 29.0 Å². The number of benzene rings is 2. The maximum Gasteiger partial charge on any atom is 0.242 e. The summed E-state index contributed by atoms with van der Waals surface area (Å²) in [7, 11) is 0. The maximum absolute atomic E-state index is 12.5. The molecule has 26 heavy (non-hydrogen) atoms. The van der Waals surface area contributed by atoms with Gasteiger partial charge in [0, 0.05) is 11.4 Å². The average Bonchev–Trinajstić information content (AvgIpc) is 2.99. The van der Waals surface area contributed by atoms with E-state index < -0.39 is 5.38 Å². The number of aryl methyl sites for hydroxylation is 2. The highest BCUT2D eigenvalue weighted by Gasteiger charge is 2.34. The lowest BCUT2D eigenvalue weighted by molar-refractivity contribution is -0.116. The van der Waals surface area contributed by atoms with Crippen LogP contribution in [0, 0.1) is 13.8 Å². The molecule has 0 spiro atoms. The SMILES string of the molecule is Cc1ccc(N2C(=O)CS[C@H]2c2cccc(NC(=O)[C@H](C)Cl)c2)cc1C. The van der Waals surface area contributed by atoms with Gasteiger partial charge in [-0.05, 0) is 61.7 Å². The number of halogens is 1. The Labute approximate surface area is 162 Å². The van der Waals surface area contributed by atoms with Gasteiger partial charge in [0.15, 0.2) is 0 Å². The van der Waals surface area contributed by atoms with Crippen molar-refractivity contribution >= 4 is 46.6 Å². The second-order valence-corrected chi connectivity index (χ2v) is 8.15. The minimum Gasteiger partial charge on any atom is -0.325 e. The average molecular weight is 389 g/mol. The van der Waals surface area contributed by atoms with Crippen molar-refractivity contribution in [3.8, 4) is 0 Å². The first-order chi connectivity index (χ1) is 12.4. The van der Waals surface area contributed by atoms with Gasteiger partial charge in [0.05, 0.1) is 5.75 Å². The van der Waals surface area contributed by atoms with Gasteiger partial charge in [-0.3, -0.25) is 14.5 Å². The number of carbonyl (C=O) groups is 2. The fourth-order valence-corrected chi connectivity index (χ4v) is 4.06. The van der Waals surface area contributed by atoms with Gasteiger partial charge in [0.25, 0.3) is 0 Å². The van der Waals surface area contributed by atoms with Gasteiger partial charge in [0.2, 0.25) is 11.8 Å². The van der Waals surface area contributed by atoms with Crippen LogP contribution in [0.5, 0.6) is 0 Å². The molecule has 0 aromatic heterocycles. The van der Waals surface area contributed by atoms with Crippen LogP contribution in [0.15, 0.2) is 42.5 Å². The van der Waals surface area contributed by atoms with E-state index in [9.17, 15) is 9.59 Å². The summed E-state index contributed by atoms with van der Waals surface area (Å²) in [5, 5.41) is 2.08. The number of alkyl halides is 1. The van der Waals surface area contributed by atoms with Gasteiger partial charge < -0.3 is 5.32 Å². The topological polar surface area (TPSA) is 49.4 Å². The number of rotatable bonds is 4. The van der Waals surface area contributed by atoms with Crippen LogP contribution in [0.3, 0.4) is 0 Å². The molecular formula is C20H21ClN2O2S. The molecule has 1 aliphatic heterocycles. The van der Waals surface area contributed by atoms with E-state index in [-0.39, 0.29) is 17.2 Å². The molecule has 1 fully saturated rings. The van der Waals surface area contributed by atoms with E-state index in [1.54, 1.807) is 18.7 Å². The molecule has 2 atom stereocenters. The molecule has 1 N–H and O–H groups in total. The Kier molecular flexibility index (Phi) is 5.58. The number of nitrogens with zero attached hydrogens (tertiary/aromatic N) is 1. The standard InChI is InChI=1S/C20H21ClN2O2S/c1-12-7-8-17(9-13(12)2)23-18(24)11-26-20(23)15-5-4-6-16(10-15)22-19(25)14(3)21/h4-10,14,20H,11H2,1-3H3,(H,22,25)/t14-,20-/m0/s1. The van der Waals surface area contributed by atoms with E-state index >= 15 is 0 Å². The lowest BCUT2D eigenvalue weighted by Gasteiger charge is -2.25. The summed E-state index contributed by atoms with van der Waals surface area (Å²) in [6.45, 7) is 5.74. The highest BCUT2D eigenvalue weighted by Crippen LogP contribution is 2.42. The second-order valence-electron chi connectivity index (χ2n) is 6.43. The first-order valence-corrected chi connectivity index (χ1v) is 9.91. The van der Waals surface area contributed by atoms with Crippen molar-refractivity contribution in [2.45, 2.75) is 31.5 Å². The number of anilines is 2. The lowest BCUT2D eigenvalue weighted by atomic mass is 10.1. The molecule has 0 unspecified atom stereocenters. The highest BCUT2D eigenvalue weighted by molar-refractivity contribution is 8.00. The van der Waals surface area contributed by atoms with Crippen molar-refractivity contribution in [2.24, 2.45) is 0 Å². The highest BCUT2D eigenvalue weighted by atomic mass is 35.5. The fraction of sp³-hybridized carbons (Fsp3) is 0.300. The number of hydrogen-bond acceptors (Lipinski definition) is 3. The summed E-state index contributed by atoms with van der Waals surface area (Å²) in [6.07, 6.45) is 0. The zero-order chi connectivity index (χ0) is 18.8. The van der Waals surface area contributed by atoms with Gasteiger partial charge in [-0.1, -0.05) is 18.2 Å². The Balaban J connectivity index is 1.91. The molecule has 0 aliphatic carbocycles. The largest absolute Gasteiger partial charge is 0.325 e. The number of thioether (sulfide) groups is 1. The predicted octanol–water partition coefficient (Wildman–Crippen LogP) is 4.65. The number of amides is 2. The van der Waals surface area contributed by atoms with E-state index in [1.165, 1.54) is 5.56 Å². The van der Waals surface area contributed by atoms with Crippen molar-refractivity contribution in [3.05, 3.63) is 59.2 Å². The molecule has 0 saturated carbocycles. The molecule has 2 aromatic carbocycles. The fourth-order valence-electron chi connectivity index (χ4n) is 2.84. The zero-order valence-corrected chi connectivity index (χ0v) is 16.5. The first-order valence-electron chi connectivity index (χ1n) is 8.42. The van der Waals surface area contributed by atoms with Crippen LogP contribution in [0.25, 0.3) is 0 Å². The first kappa shape index (κ1) is 18.8. The molecule has 0 radical (unpaired) electrons. The third-order valence-electron chi connectivity index (χ3n) is 4.44. The maximum atomic E-state index is 12.5. The minimum atomic E-state index is -0.604. The summed E-state index contributed by atoms with van der Waals surface area (Å²) in [5.74, 6) is 0.282. The minimum absolute atomic E-state index is 0.0899. The van der Waals surface area contributed by atoms with E-state index in [0.29, 0.717) is 11.4 Å². The summed E-state index contributed by atoms with van der Waals surface area (Å²) >= 11 is 7.41. The van der Waals surface area contributed by atoms with Crippen molar-refractivity contribution < 1.29 is 9.59 Å². The monoisotopic (exact) mass is 388 g/mol. The van der Waals surface area contributed by atoms with Crippen molar-refractivity contribution in [3.63, 3.8) is 0 Å². The molecule has 136 valence electrons. The number of hydrogen-bond donors (Lipinski definition) is 1. The van der Waals surface area contributed by atoms with Crippen molar-refractivity contribution in [1.29, 1.82) is 0 Å². The summed E-state index contributed by atoms with van der Waals surface area (Å²) in [5.41, 5.74) is 4.91. The van der Waals surface area contributed by atoms with Gasteiger partial charge in [-0.2, -0.15) is 0 Å². The van der Waals surface area contributed by atoms with Crippen molar-refractivity contribution in [1.82, 2.24) is 0 Å². The van der Waals surface area contributed by atoms with E-state index in [2.05, 4.69) is 12.2 Å². The summed E-state index contributed by atoms with van der Waals surface area (Å²) in [4.78, 5) is 26.2. The van der Waals surface area contributed by atoms with Crippen LogP contribution in [0.4, 0.5) is 11.4 Å². The van der Waals surface area contributed by atoms with Gasteiger partial charge in [-0.15, -0.1) is 23.4 Å². The Morgan fingerprint density at radius 1 is 1.23 bits per heavy atom. The van der Waals surface area contributed by atoms with E-state index in [0.717, 1.165) is 16.8 Å². The van der Waals surface area contributed by atoms with E-state index in [4.69, 9.17) is 11.6 Å². The Morgan fingerprint density at radius 2 is 2.00 bits per heavy atom. The molecule has 1 aliphatic rings. The Bertz CT molecular complexity index is 853. The number of carbonyl (C=O) groups excluding carboxylic acids is 2. The molecule has 6 heteroatoms. The summed E-state index contributed by atoms with van der Waals surface area (Å²) < 4.78 is 0. The third-order valence-corrected chi connectivity index (χ3v) is 5.85. The molecule has 0 bridgehead atoms. The smallest absolute Gasteiger partial charge is 0.242 e. The van der Waals surface area contributed by atoms with Gasteiger partial charge in [0.1, 0.15) is 10.8 Å². The zero-order valence-electron chi connectivity index (χ0n) is 15.0. The normalized spacial score (nSPS) is 18.1. The van der Waals surface area contributed by atoms with Gasteiger partial charge in [-0.25, -0.2) is 0 Å². The number of nitrogens with one attached hydrogen (secondary N) is 1. The second kappa shape index (κ2) is 7.72. The lowest BCUT2D eigenvalue weighted by Crippen LogP contribution is -2.28. The predicted molar refractivity (Wildman–Crippen MR) is 109 cm³/mol. The Hall–Kier alpha value is -1.98.